The lowest BCUT2D eigenvalue weighted by Gasteiger charge is -2.10. The van der Waals surface area contributed by atoms with Gasteiger partial charge in [0.2, 0.25) is 0 Å². The van der Waals surface area contributed by atoms with Crippen LogP contribution >= 0.6 is 23.4 Å². The Bertz CT molecular complexity index is 764. The molecule has 7 heteroatoms. The summed E-state index contributed by atoms with van der Waals surface area (Å²) < 4.78 is 0. The molecule has 0 aliphatic heterocycles. The number of amides is 3. The topological polar surface area (TPSA) is 70.2 Å². The van der Waals surface area contributed by atoms with Crippen LogP contribution in [0.25, 0.3) is 0 Å². The number of benzene rings is 2. The van der Waals surface area contributed by atoms with Gasteiger partial charge in [0, 0.05) is 41.2 Å². The van der Waals surface area contributed by atoms with Crippen LogP contribution in [-0.4, -0.2) is 30.3 Å². The molecule has 0 saturated carbocycles. The van der Waals surface area contributed by atoms with E-state index in [9.17, 15) is 9.59 Å². The van der Waals surface area contributed by atoms with Crippen molar-refractivity contribution in [2.45, 2.75) is 32.2 Å². The summed E-state index contributed by atoms with van der Waals surface area (Å²) in [6, 6.07) is 14.9. The fourth-order valence-electron chi connectivity index (χ4n) is 2.38. The maximum atomic E-state index is 12.2. The van der Waals surface area contributed by atoms with E-state index < -0.39 is 0 Å². The SMILES string of the molecule is CC(C)NC(=O)NCc1ccc(C(=O)NCCSCc2ccc(Cl)cc2)cc1. The minimum Gasteiger partial charge on any atom is -0.351 e. The van der Waals surface area contributed by atoms with Gasteiger partial charge in [-0.25, -0.2) is 4.79 Å². The van der Waals surface area contributed by atoms with Crippen molar-refractivity contribution in [3.63, 3.8) is 0 Å². The van der Waals surface area contributed by atoms with Gasteiger partial charge < -0.3 is 16.0 Å². The van der Waals surface area contributed by atoms with Crippen molar-refractivity contribution < 1.29 is 9.59 Å². The zero-order valence-electron chi connectivity index (χ0n) is 16.1. The van der Waals surface area contributed by atoms with Crippen molar-refractivity contribution in [1.29, 1.82) is 0 Å². The van der Waals surface area contributed by atoms with Crippen LogP contribution in [-0.2, 0) is 12.3 Å². The van der Waals surface area contributed by atoms with Gasteiger partial charge in [0.1, 0.15) is 0 Å². The summed E-state index contributed by atoms with van der Waals surface area (Å²) in [5.41, 5.74) is 2.76. The van der Waals surface area contributed by atoms with Crippen molar-refractivity contribution in [3.05, 3.63) is 70.2 Å². The average molecular weight is 420 g/mol. The van der Waals surface area contributed by atoms with Crippen molar-refractivity contribution in [2.24, 2.45) is 0 Å². The molecule has 0 atom stereocenters. The normalized spacial score (nSPS) is 10.6. The summed E-state index contributed by atoms with van der Waals surface area (Å²) in [7, 11) is 0. The van der Waals surface area contributed by atoms with E-state index >= 15 is 0 Å². The first kappa shape index (κ1) is 22.1. The highest BCUT2D eigenvalue weighted by Crippen LogP contribution is 2.15. The monoisotopic (exact) mass is 419 g/mol. The van der Waals surface area contributed by atoms with Crippen LogP contribution in [0, 0.1) is 0 Å². The lowest BCUT2D eigenvalue weighted by molar-refractivity contribution is 0.0956. The first-order chi connectivity index (χ1) is 13.4. The van der Waals surface area contributed by atoms with Crippen molar-refractivity contribution in [3.8, 4) is 0 Å². The molecule has 0 spiro atoms. The maximum absolute atomic E-state index is 12.2. The molecule has 5 nitrogen and oxygen atoms in total. The van der Waals surface area contributed by atoms with Gasteiger partial charge in [-0.15, -0.1) is 0 Å². The Kier molecular flexibility index (Phi) is 9.17. The maximum Gasteiger partial charge on any atom is 0.315 e. The number of carbonyl (C=O) groups is 2. The molecular formula is C21H26ClN3O2S. The van der Waals surface area contributed by atoms with Crippen LogP contribution in [0.2, 0.25) is 5.02 Å². The Morgan fingerprint density at radius 2 is 1.61 bits per heavy atom. The van der Waals surface area contributed by atoms with Crippen LogP contribution in [0.1, 0.15) is 35.3 Å². The Morgan fingerprint density at radius 1 is 0.964 bits per heavy atom. The van der Waals surface area contributed by atoms with Gasteiger partial charge in [0.05, 0.1) is 0 Å². The van der Waals surface area contributed by atoms with Gasteiger partial charge in [-0.1, -0.05) is 35.9 Å². The van der Waals surface area contributed by atoms with Crippen molar-refractivity contribution in [1.82, 2.24) is 16.0 Å². The minimum absolute atomic E-state index is 0.0930. The molecule has 0 aliphatic rings. The van der Waals surface area contributed by atoms with Gasteiger partial charge in [-0.3, -0.25) is 4.79 Å². The molecule has 2 rings (SSSR count). The first-order valence-corrected chi connectivity index (χ1v) is 10.7. The second-order valence-corrected chi connectivity index (χ2v) is 8.16. The number of nitrogens with one attached hydrogen (secondary N) is 3. The number of hydrogen-bond donors (Lipinski definition) is 3. The summed E-state index contributed by atoms with van der Waals surface area (Å²) in [5, 5.41) is 9.21. The molecular weight excluding hydrogens is 394 g/mol. The zero-order chi connectivity index (χ0) is 20.4. The zero-order valence-corrected chi connectivity index (χ0v) is 17.7. The van der Waals surface area contributed by atoms with E-state index in [1.807, 2.05) is 50.2 Å². The van der Waals surface area contributed by atoms with Crippen LogP contribution in [0.3, 0.4) is 0 Å². The van der Waals surface area contributed by atoms with Crippen LogP contribution in [0.5, 0.6) is 0 Å². The van der Waals surface area contributed by atoms with Gasteiger partial charge >= 0.3 is 6.03 Å². The summed E-state index contributed by atoms with van der Waals surface area (Å²) in [5.74, 6) is 1.63. The highest BCUT2D eigenvalue weighted by atomic mass is 35.5. The third-order valence-corrected chi connectivity index (χ3v) is 5.09. The molecule has 3 amide bonds. The van der Waals surface area contributed by atoms with Gasteiger partial charge in [0.25, 0.3) is 5.91 Å². The fraction of sp³-hybridized carbons (Fsp3) is 0.333. The Labute approximate surface area is 175 Å². The minimum atomic E-state index is -0.201. The predicted molar refractivity (Wildman–Crippen MR) is 117 cm³/mol. The third kappa shape index (κ3) is 8.23. The predicted octanol–water partition coefficient (Wildman–Crippen LogP) is 4.21. The highest BCUT2D eigenvalue weighted by Gasteiger charge is 2.06. The van der Waals surface area contributed by atoms with E-state index in [-0.39, 0.29) is 18.0 Å². The molecule has 150 valence electrons. The van der Waals surface area contributed by atoms with E-state index in [0.29, 0.717) is 18.7 Å². The number of halogens is 1. The number of thioether (sulfide) groups is 1. The summed E-state index contributed by atoms with van der Waals surface area (Å²) in [6.45, 7) is 4.84. The van der Waals surface area contributed by atoms with Gasteiger partial charge in [-0.05, 0) is 49.2 Å². The van der Waals surface area contributed by atoms with Gasteiger partial charge in [0.15, 0.2) is 0 Å². The largest absolute Gasteiger partial charge is 0.351 e. The third-order valence-electron chi connectivity index (χ3n) is 3.80. The molecule has 0 saturated heterocycles. The lowest BCUT2D eigenvalue weighted by atomic mass is 10.1. The summed E-state index contributed by atoms with van der Waals surface area (Å²) in [4.78, 5) is 23.8. The molecule has 28 heavy (non-hydrogen) atoms. The highest BCUT2D eigenvalue weighted by molar-refractivity contribution is 7.98. The van der Waals surface area contributed by atoms with Crippen LogP contribution in [0.4, 0.5) is 4.79 Å². The molecule has 0 fully saturated rings. The second-order valence-electron chi connectivity index (χ2n) is 6.61. The molecule has 2 aromatic rings. The Balaban J connectivity index is 1.66. The standard InChI is InChI=1S/C21H26ClN3O2S/c1-15(2)25-21(27)24-13-16-3-7-18(8-4-16)20(26)23-11-12-28-14-17-5-9-19(22)10-6-17/h3-10,15H,11-14H2,1-2H3,(H,23,26)(H2,24,25,27). The van der Waals surface area contributed by atoms with E-state index in [2.05, 4.69) is 16.0 Å². The second kappa shape index (κ2) is 11.6. The van der Waals surface area contributed by atoms with Gasteiger partial charge in [-0.2, -0.15) is 11.8 Å². The van der Waals surface area contributed by atoms with Crippen molar-refractivity contribution in [2.75, 3.05) is 12.3 Å². The summed E-state index contributed by atoms with van der Waals surface area (Å²) in [6.07, 6.45) is 0. The Hall–Kier alpha value is -2.18. The number of carbonyl (C=O) groups excluding carboxylic acids is 2. The van der Waals surface area contributed by atoms with Crippen LogP contribution in [0.15, 0.2) is 48.5 Å². The molecule has 0 bridgehead atoms. The van der Waals surface area contributed by atoms with Crippen molar-refractivity contribution >= 4 is 35.3 Å². The van der Waals surface area contributed by atoms with Crippen LogP contribution < -0.4 is 16.0 Å². The molecule has 0 radical (unpaired) electrons. The number of hydrogen-bond acceptors (Lipinski definition) is 3. The molecule has 0 aromatic heterocycles. The molecule has 3 N–H and O–H groups in total. The molecule has 0 aliphatic carbocycles. The summed E-state index contributed by atoms with van der Waals surface area (Å²) >= 11 is 7.63. The Morgan fingerprint density at radius 3 is 2.25 bits per heavy atom. The van der Waals surface area contributed by atoms with E-state index in [1.54, 1.807) is 23.9 Å². The van der Waals surface area contributed by atoms with E-state index in [0.717, 1.165) is 22.1 Å². The lowest BCUT2D eigenvalue weighted by Crippen LogP contribution is -2.39. The molecule has 0 unspecified atom stereocenters. The quantitative estimate of drug-likeness (QED) is 0.533. The average Bonchev–Trinajstić information content (AvgIpc) is 2.67. The number of rotatable bonds is 9. The molecule has 2 aromatic carbocycles. The van der Waals surface area contributed by atoms with E-state index in [1.165, 1.54) is 5.56 Å². The smallest absolute Gasteiger partial charge is 0.315 e. The van der Waals surface area contributed by atoms with E-state index in [4.69, 9.17) is 11.6 Å². The first-order valence-electron chi connectivity index (χ1n) is 9.17. The molecule has 0 heterocycles. The fourth-order valence-corrected chi connectivity index (χ4v) is 3.32. The number of urea groups is 1.